The Hall–Kier alpha value is -3.47. The zero-order chi connectivity index (χ0) is 19.4. The lowest BCUT2D eigenvalue weighted by Gasteiger charge is -2.20. The standard InChI is InChI=1S/C22H20N2O3/c1-15-8-11-18(12-9-15)21(17-6-4-3-5-7-17)23-22(25)19-13-10-16(2)20(14-19)24(26)27/h3-14,21H,1-2H3,(H,23,25). The van der Waals surface area contributed by atoms with Gasteiger partial charge in [0.05, 0.1) is 11.0 Å². The van der Waals surface area contributed by atoms with Crippen molar-refractivity contribution in [2.45, 2.75) is 19.9 Å². The van der Waals surface area contributed by atoms with Gasteiger partial charge in [0, 0.05) is 17.2 Å². The third-order valence-corrected chi connectivity index (χ3v) is 4.49. The van der Waals surface area contributed by atoms with Crippen molar-refractivity contribution in [3.8, 4) is 0 Å². The van der Waals surface area contributed by atoms with Crippen LogP contribution in [0.25, 0.3) is 0 Å². The number of hydrogen-bond acceptors (Lipinski definition) is 3. The maximum atomic E-state index is 12.8. The van der Waals surface area contributed by atoms with Crippen molar-refractivity contribution in [3.05, 3.63) is 111 Å². The van der Waals surface area contributed by atoms with Gasteiger partial charge in [-0.2, -0.15) is 0 Å². The number of carbonyl (C=O) groups is 1. The molecule has 0 spiro atoms. The van der Waals surface area contributed by atoms with E-state index in [0.717, 1.165) is 16.7 Å². The highest BCUT2D eigenvalue weighted by Gasteiger charge is 2.20. The third-order valence-electron chi connectivity index (χ3n) is 4.49. The van der Waals surface area contributed by atoms with Crippen LogP contribution in [-0.4, -0.2) is 10.8 Å². The second-order valence-corrected chi connectivity index (χ2v) is 6.49. The lowest BCUT2D eigenvalue weighted by atomic mass is 9.97. The molecule has 0 aromatic heterocycles. The highest BCUT2D eigenvalue weighted by atomic mass is 16.6. The predicted molar refractivity (Wildman–Crippen MR) is 105 cm³/mol. The van der Waals surface area contributed by atoms with Crippen molar-refractivity contribution in [2.24, 2.45) is 0 Å². The van der Waals surface area contributed by atoms with Crippen molar-refractivity contribution in [2.75, 3.05) is 0 Å². The van der Waals surface area contributed by atoms with Crippen molar-refractivity contribution in [1.82, 2.24) is 5.32 Å². The van der Waals surface area contributed by atoms with E-state index in [1.807, 2.05) is 61.5 Å². The number of nitro groups is 1. The summed E-state index contributed by atoms with van der Waals surface area (Å²) in [6, 6.07) is 21.8. The molecule has 3 aromatic carbocycles. The van der Waals surface area contributed by atoms with Crippen molar-refractivity contribution in [3.63, 3.8) is 0 Å². The largest absolute Gasteiger partial charge is 0.341 e. The lowest BCUT2D eigenvalue weighted by Crippen LogP contribution is -2.29. The first-order chi connectivity index (χ1) is 13.0. The first-order valence-electron chi connectivity index (χ1n) is 8.63. The number of carbonyl (C=O) groups excluding carboxylic acids is 1. The Bertz CT molecular complexity index is 967. The first kappa shape index (κ1) is 18.3. The van der Waals surface area contributed by atoms with Crippen LogP contribution in [0, 0.1) is 24.0 Å². The number of benzene rings is 3. The van der Waals surface area contributed by atoms with Gasteiger partial charge in [-0.1, -0.05) is 66.2 Å². The summed E-state index contributed by atoms with van der Waals surface area (Å²) in [5.41, 5.74) is 3.74. The Labute approximate surface area is 157 Å². The molecule has 0 aliphatic heterocycles. The van der Waals surface area contributed by atoms with Gasteiger partial charge in [-0.05, 0) is 31.0 Å². The number of nitro benzene ring substituents is 1. The molecule has 1 N–H and O–H groups in total. The minimum atomic E-state index is -0.471. The molecule has 0 radical (unpaired) electrons. The van der Waals surface area contributed by atoms with E-state index in [0.29, 0.717) is 5.56 Å². The smallest absolute Gasteiger partial charge is 0.273 e. The molecule has 3 rings (SSSR count). The summed E-state index contributed by atoms with van der Waals surface area (Å²) in [5.74, 6) is -0.354. The summed E-state index contributed by atoms with van der Waals surface area (Å²) in [4.78, 5) is 23.5. The molecule has 1 atom stereocenters. The molecule has 0 bridgehead atoms. The molecule has 0 saturated carbocycles. The highest BCUT2D eigenvalue weighted by molar-refractivity contribution is 5.95. The minimum Gasteiger partial charge on any atom is -0.341 e. The second-order valence-electron chi connectivity index (χ2n) is 6.49. The summed E-state index contributed by atoms with van der Waals surface area (Å²) >= 11 is 0. The first-order valence-corrected chi connectivity index (χ1v) is 8.63. The van der Waals surface area contributed by atoms with Crippen LogP contribution in [0.2, 0.25) is 0 Å². The molecule has 5 heteroatoms. The highest BCUT2D eigenvalue weighted by Crippen LogP contribution is 2.24. The van der Waals surface area contributed by atoms with Gasteiger partial charge in [0.15, 0.2) is 0 Å². The van der Waals surface area contributed by atoms with Gasteiger partial charge in [-0.15, -0.1) is 0 Å². The fourth-order valence-corrected chi connectivity index (χ4v) is 2.93. The Morgan fingerprint density at radius 1 is 0.926 bits per heavy atom. The van der Waals surface area contributed by atoms with E-state index in [2.05, 4.69) is 5.32 Å². The maximum Gasteiger partial charge on any atom is 0.273 e. The number of nitrogens with zero attached hydrogens (tertiary/aromatic N) is 1. The average Bonchev–Trinajstić information content (AvgIpc) is 2.67. The van der Waals surface area contributed by atoms with Gasteiger partial charge in [0.1, 0.15) is 0 Å². The maximum absolute atomic E-state index is 12.8. The van der Waals surface area contributed by atoms with Gasteiger partial charge in [0.2, 0.25) is 0 Å². The number of amides is 1. The van der Waals surface area contributed by atoms with E-state index >= 15 is 0 Å². The van der Waals surface area contributed by atoms with E-state index in [1.165, 1.54) is 6.07 Å². The van der Waals surface area contributed by atoms with Crippen molar-refractivity contribution < 1.29 is 9.72 Å². The summed E-state index contributed by atoms with van der Waals surface area (Å²) in [6.07, 6.45) is 0. The van der Waals surface area contributed by atoms with Gasteiger partial charge < -0.3 is 5.32 Å². The van der Waals surface area contributed by atoms with Crippen LogP contribution in [0.4, 0.5) is 5.69 Å². The summed E-state index contributed by atoms with van der Waals surface area (Å²) in [5, 5.41) is 14.2. The normalized spacial score (nSPS) is 11.6. The molecule has 0 aliphatic rings. The minimum absolute atomic E-state index is 0.0609. The van der Waals surface area contributed by atoms with Crippen LogP contribution < -0.4 is 5.32 Å². The predicted octanol–water partition coefficient (Wildman–Crippen LogP) is 4.73. The number of aryl methyl sites for hydroxylation is 2. The monoisotopic (exact) mass is 360 g/mol. The van der Waals surface area contributed by atoms with E-state index in [9.17, 15) is 14.9 Å². The van der Waals surface area contributed by atoms with Crippen LogP contribution in [0.5, 0.6) is 0 Å². The molecule has 1 unspecified atom stereocenters. The van der Waals surface area contributed by atoms with Gasteiger partial charge in [0.25, 0.3) is 11.6 Å². The second kappa shape index (κ2) is 7.83. The molecule has 0 heterocycles. The van der Waals surface area contributed by atoms with Crippen molar-refractivity contribution >= 4 is 11.6 Å². The van der Waals surface area contributed by atoms with Gasteiger partial charge in [-0.25, -0.2) is 0 Å². The topological polar surface area (TPSA) is 72.2 Å². The molecule has 3 aromatic rings. The SMILES string of the molecule is Cc1ccc(C(NC(=O)c2ccc(C)c([N+](=O)[O-])c2)c2ccccc2)cc1. The zero-order valence-corrected chi connectivity index (χ0v) is 15.2. The fraction of sp³-hybridized carbons (Fsp3) is 0.136. The lowest BCUT2D eigenvalue weighted by molar-refractivity contribution is -0.385. The Balaban J connectivity index is 1.95. The quantitative estimate of drug-likeness (QED) is 0.528. The van der Waals surface area contributed by atoms with E-state index < -0.39 is 4.92 Å². The van der Waals surface area contributed by atoms with Crippen molar-refractivity contribution in [1.29, 1.82) is 0 Å². The zero-order valence-electron chi connectivity index (χ0n) is 15.2. The van der Waals surface area contributed by atoms with Gasteiger partial charge in [-0.3, -0.25) is 14.9 Å². The van der Waals surface area contributed by atoms with Crippen LogP contribution in [-0.2, 0) is 0 Å². The number of hydrogen-bond donors (Lipinski definition) is 1. The van der Waals surface area contributed by atoms with Crippen LogP contribution >= 0.6 is 0 Å². The molecule has 0 fully saturated rings. The fourth-order valence-electron chi connectivity index (χ4n) is 2.93. The number of rotatable bonds is 5. The molecule has 5 nitrogen and oxygen atoms in total. The van der Waals surface area contributed by atoms with Crippen LogP contribution in [0.3, 0.4) is 0 Å². The molecule has 1 amide bonds. The molecular formula is C22H20N2O3. The van der Waals surface area contributed by atoms with E-state index in [1.54, 1.807) is 19.1 Å². The molecule has 27 heavy (non-hydrogen) atoms. The van der Waals surface area contributed by atoms with E-state index in [-0.39, 0.29) is 23.2 Å². The Morgan fingerprint density at radius 3 is 2.19 bits per heavy atom. The van der Waals surface area contributed by atoms with Crippen LogP contribution in [0.1, 0.15) is 38.7 Å². The summed E-state index contributed by atoms with van der Waals surface area (Å²) in [7, 11) is 0. The van der Waals surface area contributed by atoms with Crippen LogP contribution in [0.15, 0.2) is 72.8 Å². The molecule has 0 saturated heterocycles. The summed E-state index contributed by atoms with van der Waals surface area (Å²) in [6.45, 7) is 3.66. The van der Waals surface area contributed by atoms with E-state index in [4.69, 9.17) is 0 Å². The average molecular weight is 360 g/mol. The molecule has 0 aliphatic carbocycles. The Morgan fingerprint density at radius 2 is 1.56 bits per heavy atom. The summed E-state index contributed by atoms with van der Waals surface area (Å²) < 4.78 is 0. The molecular weight excluding hydrogens is 340 g/mol. The third kappa shape index (κ3) is 4.20. The van der Waals surface area contributed by atoms with Gasteiger partial charge >= 0.3 is 0 Å². The number of nitrogens with one attached hydrogen (secondary N) is 1. The Kier molecular flexibility index (Phi) is 5.31. The molecule has 136 valence electrons.